The Labute approximate surface area is 193 Å². The first-order valence-electron chi connectivity index (χ1n) is 10.1. The van der Waals surface area contributed by atoms with Gasteiger partial charge in [0.05, 0.1) is 24.8 Å². The summed E-state index contributed by atoms with van der Waals surface area (Å²) in [5.74, 6) is 1.02. The molecule has 1 amide bonds. The molecule has 3 aromatic rings. The lowest BCUT2D eigenvalue weighted by atomic mass is 10.1. The summed E-state index contributed by atoms with van der Waals surface area (Å²) in [6.45, 7) is 1.52. The van der Waals surface area contributed by atoms with Crippen molar-refractivity contribution in [1.82, 2.24) is 4.72 Å². The summed E-state index contributed by atoms with van der Waals surface area (Å²) in [7, 11) is -0.688. The molecule has 0 spiro atoms. The number of methoxy groups -OCH3 is 2. The van der Waals surface area contributed by atoms with Crippen molar-refractivity contribution in [3.8, 4) is 17.2 Å². The second kappa shape index (κ2) is 10.8. The Morgan fingerprint density at radius 2 is 1.58 bits per heavy atom. The van der Waals surface area contributed by atoms with Crippen LogP contribution in [0, 0.1) is 0 Å². The van der Waals surface area contributed by atoms with Gasteiger partial charge in [0.25, 0.3) is 5.91 Å². The Morgan fingerprint density at radius 3 is 2.21 bits per heavy atom. The van der Waals surface area contributed by atoms with Gasteiger partial charge in [-0.1, -0.05) is 30.3 Å². The van der Waals surface area contributed by atoms with Crippen molar-refractivity contribution in [2.75, 3.05) is 26.1 Å². The zero-order valence-electron chi connectivity index (χ0n) is 18.6. The Kier molecular flexibility index (Phi) is 7.92. The summed E-state index contributed by atoms with van der Waals surface area (Å²) in [6, 6.07) is 19.8. The zero-order valence-corrected chi connectivity index (χ0v) is 19.4. The number of carbonyl (C=O) groups is 1. The van der Waals surface area contributed by atoms with E-state index in [4.69, 9.17) is 14.2 Å². The van der Waals surface area contributed by atoms with Gasteiger partial charge < -0.3 is 19.5 Å². The van der Waals surface area contributed by atoms with Gasteiger partial charge in [-0.15, -0.1) is 0 Å². The molecule has 2 N–H and O–H groups in total. The minimum atomic E-state index is -3.72. The van der Waals surface area contributed by atoms with Gasteiger partial charge in [-0.2, -0.15) is 0 Å². The van der Waals surface area contributed by atoms with Crippen LogP contribution in [0.1, 0.15) is 18.5 Å². The average Bonchev–Trinajstić information content (AvgIpc) is 2.83. The number of benzene rings is 3. The maximum Gasteiger partial charge on any atom is 0.262 e. The summed E-state index contributed by atoms with van der Waals surface area (Å²) in [6.07, 6.45) is 0. The largest absolute Gasteiger partial charge is 0.497 e. The van der Waals surface area contributed by atoms with Crippen LogP contribution in [0.15, 0.2) is 77.7 Å². The Balaban J connectivity index is 1.57. The molecule has 0 aliphatic rings. The van der Waals surface area contributed by atoms with Gasteiger partial charge in [0.2, 0.25) is 10.0 Å². The van der Waals surface area contributed by atoms with E-state index in [1.165, 1.54) is 38.5 Å². The Hall–Kier alpha value is -3.56. The van der Waals surface area contributed by atoms with Gasteiger partial charge in [0.1, 0.15) is 17.2 Å². The quantitative estimate of drug-likeness (QED) is 0.468. The molecule has 9 heteroatoms. The first-order chi connectivity index (χ1) is 15.8. The molecule has 0 fully saturated rings. The third kappa shape index (κ3) is 6.47. The fraction of sp³-hybridized carbons (Fsp3) is 0.208. The van der Waals surface area contributed by atoms with E-state index in [1.807, 2.05) is 30.3 Å². The normalized spacial score (nSPS) is 12.0. The standard InChI is InChI=1S/C24H26N2O6S/c1-17(18-7-5-4-6-8-18)26-33(28,29)21-12-9-19(10-13-21)32-16-24(27)25-22-14-11-20(30-2)15-23(22)31-3/h4-15,17,26H,16H2,1-3H3,(H,25,27)/t17-/m1/s1. The highest BCUT2D eigenvalue weighted by Gasteiger charge is 2.18. The Bertz CT molecular complexity index is 1180. The third-order valence-electron chi connectivity index (χ3n) is 4.82. The van der Waals surface area contributed by atoms with Crippen molar-refractivity contribution < 1.29 is 27.4 Å². The molecule has 0 radical (unpaired) electrons. The monoisotopic (exact) mass is 470 g/mol. The molecule has 8 nitrogen and oxygen atoms in total. The van der Waals surface area contributed by atoms with Crippen molar-refractivity contribution >= 4 is 21.6 Å². The van der Waals surface area contributed by atoms with E-state index in [1.54, 1.807) is 25.1 Å². The molecule has 0 saturated heterocycles. The molecule has 174 valence electrons. The molecule has 0 aliphatic carbocycles. The fourth-order valence-electron chi connectivity index (χ4n) is 3.06. The SMILES string of the molecule is COc1ccc(NC(=O)COc2ccc(S(=O)(=O)N[C@H](C)c3ccccc3)cc2)c(OC)c1. The van der Waals surface area contributed by atoms with Crippen molar-refractivity contribution in [2.45, 2.75) is 17.9 Å². The smallest absolute Gasteiger partial charge is 0.262 e. The molecule has 0 unspecified atom stereocenters. The highest BCUT2D eigenvalue weighted by molar-refractivity contribution is 7.89. The second-order valence-corrected chi connectivity index (χ2v) is 8.84. The fourth-order valence-corrected chi connectivity index (χ4v) is 4.29. The maximum atomic E-state index is 12.7. The highest BCUT2D eigenvalue weighted by atomic mass is 32.2. The van der Waals surface area contributed by atoms with Crippen LogP contribution in [0.25, 0.3) is 0 Å². The van der Waals surface area contributed by atoms with E-state index >= 15 is 0 Å². The van der Waals surface area contributed by atoms with Crippen LogP contribution in [0.3, 0.4) is 0 Å². The van der Waals surface area contributed by atoms with Crippen LogP contribution in [-0.4, -0.2) is 35.2 Å². The van der Waals surface area contributed by atoms with Gasteiger partial charge in [0, 0.05) is 12.1 Å². The second-order valence-electron chi connectivity index (χ2n) is 7.13. The Morgan fingerprint density at radius 1 is 0.909 bits per heavy atom. The van der Waals surface area contributed by atoms with E-state index < -0.39 is 15.9 Å². The molecular formula is C24H26N2O6S. The van der Waals surface area contributed by atoms with Crippen LogP contribution < -0.4 is 24.2 Å². The lowest BCUT2D eigenvalue weighted by Crippen LogP contribution is -2.26. The number of ether oxygens (including phenoxy) is 3. The number of carbonyl (C=O) groups excluding carboxylic acids is 1. The summed E-state index contributed by atoms with van der Waals surface area (Å²) in [4.78, 5) is 12.4. The molecule has 1 atom stereocenters. The minimum absolute atomic E-state index is 0.102. The van der Waals surface area contributed by atoms with Crippen molar-refractivity contribution in [3.05, 3.63) is 78.4 Å². The van der Waals surface area contributed by atoms with E-state index in [0.717, 1.165) is 5.56 Å². The van der Waals surface area contributed by atoms with Crippen molar-refractivity contribution in [3.63, 3.8) is 0 Å². The zero-order chi connectivity index (χ0) is 23.8. The molecule has 0 bridgehead atoms. The number of hydrogen-bond donors (Lipinski definition) is 2. The van der Waals surface area contributed by atoms with Crippen LogP contribution in [0.4, 0.5) is 5.69 Å². The number of sulfonamides is 1. The predicted molar refractivity (Wildman–Crippen MR) is 125 cm³/mol. The van der Waals surface area contributed by atoms with E-state index in [9.17, 15) is 13.2 Å². The predicted octanol–water partition coefficient (Wildman–Crippen LogP) is 3.76. The van der Waals surface area contributed by atoms with E-state index in [-0.39, 0.29) is 17.5 Å². The van der Waals surface area contributed by atoms with Crippen LogP contribution in [-0.2, 0) is 14.8 Å². The third-order valence-corrected chi connectivity index (χ3v) is 6.37. The van der Waals surface area contributed by atoms with Crippen molar-refractivity contribution in [1.29, 1.82) is 0 Å². The summed E-state index contributed by atoms with van der Waals surface area (Å²) in [5.41, 5.74) is 1.34. The number of hydrogen-bond acceptors (Lipinski definition) is 6. The molecule has 0 saturated carbocycles. The summed E-state index contributed by atoms with van der Waals surface area (Å²) < 4.78 is 43.9. The molecule has 33 heavy (non-hydrogen) atoms. The lowest BCUT2D eigenvalue weighted by molar-refractivity contribution is -0.118. The molecular weight excluding hydrogens is 444 g/mol. The van der Waals surface area contributed by atoms with Gasteiger partial charge in [-0.05, 0) is 48.9 Å². The van der Waals surface area contributed by atoms with Gasteiger partial charge in [0.15, 0.2) is 6.61 Å². The number of anilines is 1. The molecule has 3 aromatic carbocycles. The summed E-state index contributed by atoms with van der Waals surface area (Å²) in [5, 5.41) is 2.71. The molecule has 0 aliphatic heterocycles. The summed E-state index contributed by atoms with van der Waals surface area (Å²) >= 11 is 0. The van der Waals surface area contributed by atoms with E-state index in [0.29, 0.717) is 22.9 Å². The number of amides is 1. The minimum Gasteiger partial charge on any atom is -0.497 e. The molecule has 3 rings (SSSR count). The van der Waals surface area contributed by atoms with Crippen LogP contribution >= 0.6 is 0 Å². The maximum absolute atomic E-state index is 12.7. The van der Waals surface area contributed by atoms with Crippen molar-refractivity contribution in [2.24, 2.45) is 0 Å². The van der Waals surface area contributed by atoms with Crippen LogP contribution in [0.2, 0.25) is 0 Å². The number of rotatable bonds is 10. The first kappa shape index (κ1) is 24.1. The average molecular weight is 471 g/mol. The van der Waals surface area contributed by atoms with Gasteiger partial charge in [-0.3, -0.25) is 4.79 Å². The van der Waals surface area contributed by atoms with Crippen LogP contribution in [0.5, 0.6) is 17.2 Å². The highest BCUT2D eigenvalue weighted by Crippen LogP contribution is 2.29. The van der Waals surface area contributed by atoms with E-state index in [2.05, 4.69) is 10.0 Å². The lowest BCUT2D eigenvalue weighted by Gasteiger charge is -2.15. The molecule has 0 aromatic heterocycles. The van der Waals surface area contributed by atoms with Gasteiger partial charge >= 0.3 is 0 Å². The van der Waals surface area contributed by atoms with Gasteiger partial charge in [-0.25, -0.2) is 13.1 Å². The molecule has 0 heterocycles. The first-order valence-corrected chi connectivity index (χ1v) is 11.6. The topological polar surface area (TPSA) is 103 Å². The number of nitrogens with one attached hydrogen (secondary N) is 2.